The minimum Gasteiger partial charge on any atom is -0.483 e. The van der Waals surface area contributed by atoms with Crippen molar-refractivity contribution in [1.29, 1.82) is 0 Å². The first-order valence-electron chi connectivity index (χ1n) is 12.0. The second-order valence-electron chi connectivity index (χ2n) is 8.99. The fourth-order valence-electron chi connectivity index (χ4n) is 3.90. The summed E-state index contributed by atoms with van der Waals surface area (Å²) >= 11 is 12.1. The first-order valence-corrected chi connectivity index (χ1v) is 12.7. The molecule has 0 fully saturated rings. The molecule has 8 heteroatoms. The van der Waals surface area contributed by atoms with Gasteiger partial charge in [0.25, 0.3) is 5.91 Å². The number of carbonyl (C=O) groups is 2. The summed E-state index contributed by atoms with van der Waals surface area (Å²) in [5.41, 5.74) is 5.24. The van der Waals surface area contributed by atoms with Crippen LogP contribution in [-0.2, 0) is 4.79 Å². The Morgan fingerprint density at radius 2 is 1.76 bits per heavy atom. The Kier molecular flexibility index (Phi) is 8.66. The average molecular weight is 549 g/mol. The highest BCUT2D eigenvalue weighted by Crippen LogP contribution is 2.29. The lowest BCUT2D eigenvalue weighted by atomic mass is 10.0. The third-order valence-electron chi connectivity index (χ3n) is 5.82. The Labute approximate surface area is 231 Å². The standard InChI is InChI=1S/C30H26Cl2N2O4/c1-18(2)22-11-8-19(3)14-28(22)37-17-29(35)34-33-16-25-23-7-5-4-6-20(23)9-13-27(25)38-30(36)24-12-10-21(31)15-26(24)32/h4-16,18H,17H2,1-3H3,(H,34,35). The Hall–Kier alpha value is -3.87. The number of nitrogens with one attached hydrogen (secondary N) is 1. The quantitative estimate of drug-likeness (QED) is 0.108. The minimum absolute atomic E-state index is 0.175. The minimum atomic E-state index is -0.645. The molecule has 0 atom stereocenters. The average Bonchev–Trinajstić information content (AvgIpc) is 2.88. The van der Waals surface area contributed by atoms with Crippen molar-refractivity contribution in [3.63, 3.8) is 0 Å². The summed E-state index contributed by atoms with van der Waals surface area (Å²) in [6.07, 6.45) is 1.44. The molecule has 0 aliphatic rings. The lowest BCUT2D eigenvalue weighted by Gasteiger charge is -2.14. The monoisotopic (exact) mass is 548 g/mol. The summed E-state index contributed by atoms with van der Waals surface area (Å²) in [7, 11) is 0. The van der Waals surface area contributed by atoms with Gasteiger partial charge in [-0.1, -0.05) is 79.5 Å². The summed E-state index contributed by atoms with van der Waals surface area (Å²) in [5, 5.41) is 6.40. The summed E-state index contributed by atoms with van der Waals surface area (Å²) < 4.78 is 11.5. The fourth-order valence-corrected chi connectivity index (χ4v) is 4.38. The zero-order valence-corrected chi connectivity index (χ0v) is 22.6. The molecule has 4 rings (SSSR count). The summed E-state index contributed by atoms with van der Waals surface area (Å²) in [6, 6.07) is 21.5. The topological polar surface area (TPSA) is 77.0 Å². The highest BCUT2D eigenvalue weighted by atomic mass is 35.5. The Morgan fingerprint density at radius 1 is 0.974 bits per heavy atom. The number of hydrogen-bond donors (Lipinski definition) is 1. The van der Waals surface area contributed by atoms with Gasteiger partial charge in [0.15, 0.2) is 6.61 Å². The van der Waals surface area contributed by atoms with Gasteiger partial charge in [-0.2, -0.15) is 5.10 Å². The van der Waals surface area contributed by atoms with Crippen LogP contribution in [-0.4, -0.2) is 24.7 Å². The molecule has 0 spiro atoms. The van der Waals surface area contributed by atoms with E-state index in [9.17, 15) is 9.59 Å². The van der Waals surface area contributed by atoms with E-state index in [0.717, 1.165) is 21.9 Å². The number of carbonyl (C=O) groups excluding carboxylic acids is 2. The highest BCUT2D eigenvalue weighted by Gasteiger charge is 2.17. The predicted octanol–water partition coefficient (Wildman–Crippen LogP) is 7.33. The highest BCUT2D eigenvalue weighted by molar-refractivity contribution is 6.36. The molecule has 0 bridgehead atoms. The van der Waals surface area contributed by atoms with Crippen molar-refractivity contribution < 1.29 is 19.1 Å². The number of benzene rings is 4. The molecule has 0 radical (unpaired) electrons. The summed E-state index contributed by atoms with van der Waals surface area (Å²) in [6.45, 7) is 5.90. The normalized spacial score (nSPS) is 11.2. The Bertz CT molecular complexity index is 1530. The molecule has 194 valence electrons. The number of hydrazone groups is 1. The van der Waals surface area contributed by atoms with Gasteiger partial charge in [-0.15, -0.1) is 0 Å². The van der Waals surface area contributed by atoms with Crippen LogP contribution in [0.3, 0.4) is 0 Å². The molecule has 0 aromatic heterocycles. The van der Waals surface area contributed by atoms with Gasteiger partial charge in [-0.05, 0) is 65.1 Å². The molecule has 0 heterocycles. The Morgan fingerprint density at radius 3 is 2.53 bits per heavy atom. The van der Waals surface area contributed by atoms with Crippen LogP contribution in [0.1, 0.15) is 46.8 Å². The van der Waals surface area contributed by atoms with E-state index in [1.807, 2.05) is 55.5 Å². The van der Waals surface area contributed by atoms with E-state index in [1.54, 1.807) is 12.1 Å². The number of esters is 1. The number of halogens is 2. The van der Waals surface area contributed by atoms with E-state index in [-0.39, 0.29) is 28.9 Å². The number of fused-ring (bicyclic) bond motifs is 1. The molecule has 1 amide bonds. The third kappa shape index (κ3) is 6.52. The van der Waals surface area contributed by atoms with Gasteiger partial charge >= 0.3 is 5.97 Å². The number of amides is 1. The van der Waals surface area contributed by atoms with Crippen LogP contribution in [0, 0.1) is 6.92 Å². The summed E-state index contributed by atoms with van der Waals surface area (Å²) in [5.74, 6) is 0.109. The number of aryl methyl sites for hydroxylation is 1. The van der Waals surface area contributed by atoms with E-state index in [0.29, 0.717) is 16.3 Å². The molecule has 1 N–H and O–H groups in total. The molecule has 0 aliphatic heterocycles. The van der Waals surface area contributed by atoms with Gasteiger partial charge in [0.2, 0.25) is 0 Å². The van der Waals surface area contributed by atoms with Crippen molar-refractivity contribution in [2.24, 2.45) is 5.10 Å². The summed E-state index contributed by atoms with van der Waals surface area (Å²) in [4.78, 5) is 25.3. The van der Waals surface area contributed by atoms with Crippen molar-refractivity contribution in [3.8, 4) is 11.5 Å². The van der Waals surface area contributed by atoms with Crippen LogP contribution in [0.5, 0.6) is 11.5 Å². The van der Waals surface area contributed by atoms with Gasteiger partial charge in [0.1, 0.15) is 11.5 Å². The van der Waals surface area contributed by atoms with Crippen LogP contribution in [0.15, 0.2) is 77.9 Å². The molecule has 0 saturated carbocycles. The van der Waals surface area contributed by atoms with Crippen LogP contribution in [0.4, 0.5) is 0 Å². The second-order valence-corrected chi connectivity index (χ2v) is 9.83. The van der Waals surface area contributed by atoms with E-state index in [1.165, 1.54) is 18.3 Å². The maximum absolute atomic E-state index is 12.9. The van der Waals surface area contributed by atoms with Gasteiger partial charge < -0.3 is 9.47 Å². The van der Waals surface area contributed by atoms with Crippen molar-refractivity contribution in [3.05, 3.63) is 105 Å². The maximum atomic E-state index is 12.9. The number of rotatable bonds is 8. The number of ether oxygens (including phenoxy) is 2. The molecular formula is C30H26Cl2N2O4. The number of hydrogen-bond acceptors (Lipinski definition) is 5. The molecule has 0 unspecified atom stereocenters. The maximum Gasteiger partial charge on any atom is 0.345 e. The molecular weight excluding hydrogens is 523 g/mol. The van der Waals surface area contributed by atoms with Crippen molar-refractivity contribution in [2.45, 2.75) is 26.7 Å². The molecule has 4 aromatic rings. The SMILES string of the molecule is Cc1ccc(C(C)C)c(OCC(=O)NN=Cc2c(OC(=O)c3ccc(Cl)cc3Cl)ccc3ccccc23)c1. The molecule has 0 aliphatic carbocycles. The van der Waals surface area contributed by atoms with Crippen LogP contribution in [0.2, 0.25) is 10.0 Å². The van der Waals surface area contributed by atoms with Crippen LogP contribution < -0.4 is 14.9 Å². The van der Waals surface area contributed by atoms with Gasteiger partial charge in [-0.25, -0.2) is 10.2 Å². The zero-order chi connectivity index (χ0) is 27.2. The first kappa shape index (κ1) is 27.2. The fraction of sp³-hybridized carbons (Fsp3) is 0.167. The molecule has 0 saturated heterocycles. The van der Waals surface area contributed by atoms with E-state index >= 15 is 0 Å². The van der Waals surface area contributed by atoms with Gasteiger partial charge in [-0.3, -0.25) is 4.79 Å². The third-order valence-corrected chi connectivity index (χ3v) is 6.36. The molecule has 38 heavy (non-hydrogen) atoms. The van der Waals surface area contributed by atoms with Crippen LogP contribution in [0.25, 0.3) is 10.8 Å². The van der Waals surface area contributed by atoms with Crippen molar-refractivity contribution in [2.75, 3.05) is 6.61 Å². The van der Waals surface area contributed by atoms with E-state index < -0.39 is 11.9 Å². The second kappa shape index (κ2) is 12.1. The van der Waals surface area contributed by atoms with Crippen LogP contribution >= 0.6 is 23.2 Å². The lowest BCUT2D eigenvalue weighted by molar-refractivity contribution is -0.123. The van der Waals surface area contributed by atoms with Crippen molar-refractivity contribution >= 4 is 52.1 Å². The molecule has 4 aromatic carbocycles. The lowest BCUT2D eigenvalue weighted by Crippen LogP contribution is -2.25. The van der Waals surface area contributed by atoms with Crippen molar-refractivity contribution in [1.82, 2.24) is 5.43 Å². The predicted molar refractivity (Wildman–Crippen MR) is 152 cm³/mol. The smallest absolute Gasteiger partial charge is 0.345 e. The molecule has 6 nitrogen and oxygen atoms in total. The Balaban J connectivity index is 1.52. The van der Waals surface area contributed by atoms with E-state index in [2.05, 4.69) is 24.4 Å². The zero-order valence-electron chi connectivity index (χ0n) is 21.1. The largest absolute Gasteiger partial charge is 0.483 e. The van der Waals surface area contributed by atoms with Gasteiger partial charge in [0.05, 0.1) is 16.8 Å². The number of nitrogens with zero attached hydrogens (tertiary/aromatic N) is 1. The first-order chi connectivity index (χ1) is 18.2. The van der Waals surface area contributed by atoms with Gasteiger partial charge in [0, 0.05) is 10.6 Å². The van der Waals surface area contributed by atoms with E-state index in [4.69, 9.17) is 32.7 Å².